The molecule has 2 aromatic rings. The van der Waals surface area contributed by atoms with Gasteiger partial charge in [0, 0.05) is 51.6 Å². The second-order valence-electron chi connectivity index (χ2n) is 10.6. The van der Waals surface area contributed by atoms with Crippen molar-refractivity contribution in [3.63, 3.8) is 0 Å². The first kappa shape index (κ1) is 32.0. The van der Waals surface area contributed by atoms with Crippen molar-refractivity contribution < 1.29 is 22.7 Å². The maximum absolute atomic E-state index is 13.6. The molecule has 0 aromatic heterocycles. The van der Waals surface area contributed by atoms with Crippen LogP contribution in [0.3, 0.4) is 0 Å². The molecule has 0 bridgehead atoms. The number of amides is 1. The number of ether oxygens (including phenoxy) is 1. The molecule has 1 atom stereocenters. The number of nitrogens with zero attached hydrogens (tertiary/aromatic N) is 3. The molecule has 0 saturated carbocycles. The van der Waals surface area contributed by atoms with E-state index in [2.05, 4.69) is 14.6 Å². The lowest BCUT2D eigenvalue weighted by Crippen LogP contribution is -2.55. The molecule has 1 fully saturated rings. The number of benzene rings is 2. The highest BCUT2D eigenvalue weighted by molar-refractivity contribution is 7.89. The largest absolute Gasteiger partial charge is 0.465 e. The maximum Gasteiger partial charge on any atom is 0.302 e. The van der Waals surface area contributed by atoms with Crippen LogP contribution in [0.2, 0.25) is 0 Å². The van der Waals surface area contributed by atoms with Crippen LogP contribution in [0.5, 0.6) is 0 Å². The third-order valence-electron chi connectivity index (χ3n) is 7.30. The van der Waals surface area contributed by atoms with Crippen LogP contribution in [-0.2, 0) is 29.8 Å². The van der Waals surface area contributed by atoms with E-state index in [1.807, 2.05) is 50.2 Å². The quantitative estimate of drug-likeness (QED) is 0.137. The smallest absolute Gasteiger partial charge is 0.302 e. The number of hydrogen-bond donors (Lipinski definition) is 3. The van der Waals surface area contributed by atoms with Gasteiger partial charge in [-0.25, -0.2) is 8.42 Å². The van der Waals surface area contributed by atoms with Gasteiger partial charge in [0.1, 0.15) is 12.6 Å². The summed E-state index contributed by atoms with van der Waals surface area (Å²) in [6.45, 7) is 8.66. The standard InChI is InChI=1S/C29H42N6O5S/c1-22(36)40-20-19-34-15-17-35(18-16-34)27(37)26(13-8-14-32-28(30)31)33-41(38,39)25-12-7-11-24(21-25)29(2,3)23-9-5-4-6-10-23/h4-7,9-12,21,26,33H,8,13-20H2,1-3H3,(H4,30,31,32)/t26-/m0/s1. The number of hydrogen-bond acceptors (Lipinski definition) is 7. The van der Waals surface area contributed by atoms with E-state index in [1.165, 1.54) is 13.0 Å². The lowest BCUT2D eigenvalue weighted by atomic mass is 9.78. The Morgan fingerprint density at radius 3 is 2.32 bits per heavy atom. The number of nitrogens with two attached hydrogens (primary N) is 2. The molecule has 0 unspecified atom stereocenters. The number of aliphatic imine (C=N–C) groups is 1. The third-order valence-corrected chi connectivity index (χ3v) is 8.77. The molecule has 11 nitrogen and oxygen atoms in total. The molecule has 12 heteroatoms. The lowest BCUT2D eigenvalue weighted by Gasteiger charge is -2.36. The van der Waals surface area contributed by atoms with Gasteiger partial charge in [0.25, 0.3) is 0 Å². The minimum absolute atomic E-state index is 0.0591. The molecule has 224 valence electrons. The van der Waals surface area contributed by atoms with Crippen LogP contribution in [0, 0.1) is 0 Å². The second kappa shape index (κ2) is 14.4. The molecular weight excluding hydrogens is 544 g/mol. The first-order chi connectivity index (χ1) is 19.4. The molecule has 1 saturated heterocycles. The summed E-state index contributed by atoms with van der Waals surface area (Å²) in [5.74, 6) is -0.682. The molecule has 3 rings (SSSR count). The Morgan fingerprint density at radius 2 is 1.68 bits per heavy atom. The van der Waals surface area contributed by atoms with Crippen molar-refractivity contribution in [3.05, 3.63) is 65.7 Å². The minimum Gasteiger partial charge on any atom is -0.465 e. The molecule has 0 radical (unpaired) electrons. The van der Waals surface area contributed by atoms with Crippen molar-refractivity contribution >= 4 is 27.9 Å². The Balaban J connectivity index is 1.75. The summed E-state index contributed by atoms with van der Waals surface area (Å²) in [6, 6.07) is 15.7. The van der Waals surface area contributed by atoms with Crippen molar-refractivity contribution in [2.45, 2.75) is 50.0 Å². The van der Waals surface area contributed by atoms with Gasteiger partial charge in [-0.05, 0) is 36.1 Å². The van der Waals surface area contributed by atoms with Gasteiger partial charge >= 0.3 is 5.97 Å². The Bertz CT molecular complexity index is 1300. The van der Waals surface area contributed by atoms with Crippen LogP contribution >= 0.6 is 0 Å². The van der Waals surface area contributed by atoms with Crippen molar-refractivity contribution in [1.82, 2.24) is 14.5 Å². The molecule has 0 aliphatic carbocycles. The molecule has 41 heavy (non-hydrogen) atoms. The fraction of sp³-hybridized carbons (Fsp3) is 0.483. The van der Waals surface area contributed by atoms with Crippen LogP contribution in [0.4, 0.5) is 0 Å². The summed E-state index contributed by atoms with van der Waals surface area (Å²) < 4.78 is 34.9. The molecule has 1 heterocycles. The van der Waals surface area contributed by atoms with Gasteiger partial charge in [0.05, 0.1) is 4.90 Å². The molecular formula is C29H42N6O5S. The van der Waals surface area contributed by atoms with E-state index in [0.29, 0.717) is 39.1 Å². The number of esters is 1. The average Bonchev–Trinajstić information content (AvgIpc) is 2.95. The number of piperazine rings is 1. The predicted molar refractivity (Wildman–Crippen MR) is 159 cm³/mol. The number of guanidine groups is 1. The highest BCUT2D eigenvalue weighted by Gasteiger charge is 2.32. The Hall–Kier alpha value is -3.48. The Morgan fingerprint density at radius 1 is 1.02 bits per heavy atom. The maximum atomic E-state index is 13.6. The lowest BCUT2D eigenvalue weighted by molar-refractivity contribution is -0.141. The van der Waals surface area contributed by atoms with E-state index in [-0.39, 0.29) is 42.3 Å². The summed E-state index contributed by atoms with van der Waals surface area (Å²) in [5, 5.41) is 0. The van der Waals surface area contributed by atoms with Gasteiger partial charge in [-0.2, -0.15) is 4.72 Å². The monoisotopic (exact) mass is 586 g/mol. The zero-order chi connectivity index (χ0) is 30.0. The van der Waals surface area contributed by atoms with Gasteiger partial charge in [0.15, 0.2) is 5.96 Å². The molecule has 1 amide bonds. The SMILES string of the molecule is CC(=O)OCCN1CCN(C(=O)[C@H](CCCN=C(N)N)NS(=O)(=O)c2cccc(C(C)(C)c3ccccc3)c2)CC1. The second-order valence-corrected chi connectivity index (χ2v) is 12.4. The van der Waals surface area contributed by atoms with E-state index >= 15 is 0 Å². The number of carbonyl (C=O) groups excluding carboxylic acids is 2. The van der Waals surface area contributed by atoms with E-state index in [1.54, 1.807) is 17.0 Å². The van der Waals surface area contributed by atoms with Crippen molar-refractivity contribution in [1.29, 1.82) is 0 Å². The highest BCUT2D eigenvalue weighted by Crippen LogP contribution is 2.32. The molecule has 0 spiro atoms. The van der Waals surface area contributed by atoms with Crippen molar-refractivity contribution in [2.24, 2.45) is 16.5 Å². The fourth-order valence-corrected chi connectivity index (χ4v) is 6.07. The van der Waals surface area contributed by atoms with Gasteiger partial charge in [-0.15, -0.1) is 0 Å². The van der Waals surface area contributed by atoms with Crippen LogP contribution in [0.1, 0.15) is 44.7 Å². The minimum atomic E-state index is -4.03. The predicted octanol–water partition coefficient (Wildman–Crippen LogP) is 1.42. The Kier molecular flexibility index (Phi) is 11.3. The number of sulfonamides is 1. The summed E-state index contributed by atoms with van der Waals surface area (Å²) in [5.41, 5.74) is 12.3. The summed E-state index contributed by atoms with van der Waals surface area (Å²) in [7, 11) is -4.03. The summed E-state index contributed by atoms with van der Waals surface area (Å²) in [4.78, 5) is 32.4. The van der Waals surface area contributed by atoms with Crippen LogP contribution in [-0.4, -0.2) is 88.0 Å². The van der Waals surface area contributed by atoms with Crippen molar-refractivity contribution in [3.8, 4) is 0 Å². The molecule has 5 N–H and O–H groups in total. The molecule has 2 aromatic carbocycles. The average molecular weight is 587 g/mol. The van der Waals surface area contributed by atoms with Crippen LogP contribution in [0.25, 0.3) is 0 Å². The van der Waals surface area contributed by atoms with Gasteiger partial charge in [-0.1, -0.05) is 56.3 Å². The molecule has 1 aliphatic heterocycles. The number of nitrogens with one attached hydrogen (secondary N) is 1. The summed E-state index contributed by atoms with van der Waals surface area (Å²) >= 11 is 0. The van der Waals surface area contributed by atoms with Crippen LogP contribution in [0.15, 0.2) is 64.5 Å². The number of carbonyl (C=O) groups is 2. The van der Waals surface area contributed by atoms with E-state index < -0.39 is 21.5 Å². The Labute approximate surface area is 243 Å². The topological polar surface area (TPSA) is 160 Å². The zero-order valence-corrected chi connectivity index (χ0v) is 24.9. The summed E-state index contributed by atoms with van der Waals surface area (Å²) in [6.07, 6.45) is 0.650. The van der Waals surface area contributed by atoms with E-state index in [9.17, 15) is 18.0 Å². The molecule has 1 aliphatic rings. The van der Waals surface area contributed by atoms with E-state index in [0.717, 1.165) is 11.1 Å². The first-order valence-corrected chi connectivity index (χ1v) is 15.3. The normalized spacial score (nSPS) is 15.2. The highest BCUT2D eigenvalue weighted by atomic mass is 32.2. The third kappa shape index (κ3) is 9.27. The van der Waals surface area contributed by atoms with Crippen molar-refractivity contribution in [2.75, 3.05) is 45.9 Å². The van der Waals surface area contributed by atoms with Gasteiger partial charge in [-0.3, -0.25) is 19.5 Å². The fourth-order valence-electron chi connectivity index (χ4n) is 4.80. The van der Waals surface area contributed by atoms with E-state index in [4.69, 9.17) is 16.2 Å². The first-order valence-electron chi connectivity index (χ1n) is 13.8. The van der Waals surface area contributed by atoms with Gasteiger partial charge < -0.3 is 21.1 Å². The number of rotatable bonds is 13. The van der Waals surface area contributed by atoms with Crippen LogP contribution < -0.4 is 16.2 Å². The zero-order valence-electron chi connectivity index (χ0n) is 24.1. The van der Waals surface area contributed by atoms with Gasteiger partial charge in [0.2, 0.25) is 15.9 Å².